The molecule has 0 heterocycles. The molecule has 112 valence electrons. The molecule has 1 N–H and O–H groups in total. The second-order valence-electron chi connectivity index (χ2n) is 4.92. The predicted octanol–water partition coefficient (Wildman–Crippen LogP) is 5.87. The number of para-hydroxylation sites is 1. The molecule has 0 aliphatic rings. The second kappa shape index (κ2) is 7.06. The van der Waals surface area contributed by atoms with E-state index in [9.17, 15) is 0 Å². The lowest BCUT2D eigenvalue weighted by Gasteiger charge is -2.20. The summed E-state index contributed by atoms with van der Waals surface area (Å²) >= 11 is 12.5. The molecule has 1 unspecified atom stereocenters. The zero-order chi connectivity index (χ0) is 15.4. The molecule has 0 fully saturated rings. The largest absolute Gasteiger partial charge is 0.494 e. The van der Waals surface area contributed by atoms with Gasteiger partial charge < -0.3 is 10.1 Å². The maximum absolute atomic E-state index is 6.28. The first-order valence-corrected chi connectivity index (χ1v) is 7.72. The number of ether oxygens (including phenoxy) is 1. The van der Waals surface area contributed by atoms with E-state index in [0.717, 1.165) is 22.6 Å². The van der Waals surface area contributed by atoms with Gasteiger partial charge in [0.05, 0.1) is 23.4 Å². The van der Waals surface area contributed by atoms with E-state index in [1.807, 2.05) is 50.2 Å². The van der Waals surface area contributed by atoms with Crippen molar-refractivity contribution in [2.45, 2.75) is 26.8 Å². The number of aryl methyl sites for hydroxylation is 1. The third kappa shape index (κ3) is 3.84. The third-order valence-electron chi connectivity index (χ3n) is 3.31. The van der Waals surface area contributed by atoms with Gasteiger partial charge in [0, 0.05) is 10.6 Å². The minimum atomic E-state index is 0.0593. The summed E-state index contributed by atoms with van der Waals surface area (Å²) in [7, 11) is 0. The summed E-state index contributed by atoms with van der Waals surface area (Å²) in [6.45, 7) is 6.63. The molecule has 0 saturated carbocycles. The van der Waals surface area contributed by atoms with E-state index in [4.69, 9.17) is 27.9 Å². The lowest BCUT2D eigenvalue weighted by atomic mass is 10.1. The van der Waals surface area contributed by atoms with E-state index >= 15 is 0 Å². The number of nitrogens with one attached hydrogen (secondary N) is 1. The first-order valence-electron chi connectivity index (χ1n) is 6.96. The Hall–Kier alpha value is -1.38. The van der Waals surface area contributed by atoms with Crippen molar-refractivity contribution in [2.75, 3.05) is 11.9 Å². The molecule has 0 aliphatic heterocycles. The molecule has 0 bridgehead atoms. The van der Waals surface area contributed by atoms with Gasteiger partial charge >= 0.3 is 0 Å². The molecule has 2 nitrogen and oxygen atoms in total. The number of anilines is 1. The lowest BCUT2D eigenvalue weighted by molar-refractivity contribution is 0.335. The van der Waals surface area contributed by atoms with Crippen molar-refractivity contribution in [2.24, 2.45) is 0 Å². The van der Waals surface area contributed by atoms with Crippen LogP contribution in [0.5, 0.6) is 5.75 Å². The Labute approximate surface area is 136 Å². The number of hydrogen-bond acceptors (Lipinski definition) is 2. The maximum atomic E-state index is 6.28. The van der Waals surface area contributed by atoms with Crippen molar-refractivity contribution < 1.29 is 4.74 Å². The summed E-state index contributed by atoms with van der Waals surface area (Å²) in [6.07, 6.45) is 0. The summed E-state index contributed by atoms with van der Waals surface area (Å²) in [6, 6.07) is 11.8. The van der Waals surface area contributed by atoms with Gasteiger partial charge in [0.1, 0.15) is 5.75 Å². The zero-order valence-electron chi connectivity index (χ0n) is 12.4. The fraction of sp³-hybridized carbons (Fsp3) is 0.294. The van der Waals surface area contributed by atoms with Crippen LogP contribution in [-0.2, 0) is 0 Å². The van der Waals surface area contributed by atoms with Crippen LogP contribution in [0.3, 0.4) is 0 Å². The summed E-state index contributed by atoms with van der Waals surface area (Å²) in [5, 5.41) is 4.76. The summed E-state index contributed by atoms with van der Waals surface area (Å²) in [4.78, 5) is 0. The molecule has 1 atom stereocenters. The van der Waals surface area contributed by atoms with Gasteiger partial charge in [0.15, 0.2) is 0 Å². The summed E-state index contributed by atoms with van der Waals surface area (Å²) in [5.74, 6) is 0.884. The Morgan fingerprint density at radius 2 is 1.86 bits per heavy atom. The van der Waals surface area contributed by atoms with Crippen molar-refractivity contribution in [1.29, 1.82) is 0 Å². The molecule has 0 aliphatic carbocycles. The molecule has 0 amide bonds. The van der Waals surface area contributed by atoms with Crippen LogP contribution in [-0.4, -0.2) is 6.61 Å². The quantitative estimate of drug-likeness (QED) is 0.742. The van der Waals surface area contributed by atoms with Gasteiger partial charge in [0.2, 0.25) is 0 Å². The lowest BCUT2D eigenvalue weighted by Crippen LogP contribution is -2.09. The number of benzene rings is 2. The molecule has 2 aromatic carbocycles. The van der Waals surface area contributed by atoms with Gasteiger partial charge in [-0.1, -0.05) is 41.4 Å². The van der Waals surface area contributed by atoms with Gasteiger partial charge in [-0.2, -0.15) is 0 Å². The smallest absolute Gasteiger partial charge is 0.124 e. The van der Waals surface area contributed by atoms with E-state index in [2.05, 4.69) is 12.2 Å². The van der Waals surface area contributed by atoms with Crippen LogP contribution in [0.15, 0.2) is 36.4 Å². The first-order chi connectivity index (χ1) is 10.0. The average molecular weight is 324 g/mol. The molecular formula is C17H19Cl2NO. The fourth-order valence-corrected chi connectivity index (χ4v) is 2.63. The van der Waals surface area contributed by atoms with E-state index in [1.54, 1.807) is 0 Å². The SMILES string of the molecule is CCOc1ccccc1C(C)Nc1cc(Cl)c(C)cc1Cl. The minimum Gasteiger partial charge on any atom is -0.494 e. The molecule has 0 aromatic heterocycles. The van der Waals surface area contributed by atoms with Crippen molar-refractivity contribution in [3.63, 3.8) is 0 Å². The van der Waals surface area contributed by atoms with Crippen molar-refractivity contribution in [3.8, 4) is 5.75 Å². The standard InChI is InChI=1S/C17H19Cl2NO/c1-4-21-17-8-6-5-7-13(17)12(3)20-16-10-14(18)11(2)9-15(16)19/h5-10,12,20H,4H2,1-3H3. The van der Waals surface area contributed by atoms with Crippen LogP contribution in [0.25, 0.3) is 0 Å². The van der Waals surface area contributed by atoms with Crippen LogP contribution in [0.2, 0.25) is 10.0 Å². The zero-order valence-corrected chi connectivity index (χ0v) is 13.9. The Kier molecular flexibility index (Phi) is 5.38. The van der Waals surface area contributed by atoms with Gasteiger partial charge in [0.25, 0.3) is 0 Å². The number of rotatable bonds is 5. The highest BCUT2D eigenvalue weighted by atomic mass is 35.5. The fourth-order valence-electron chi connectivity index (χ4n) is 2.19. The molecule has 0 saturated heterocycles. The van der Waals surface area contributed by atoms with Gasteiger partial charge in [-0.05, 0) is 44.5 Å². The van der Waals surface area contributed by atoms with Gasteiger partial charge in [-0.15, -0.1) is 0 Å². The highest BCUT2D eigenvalue weighted by molar-refractivity contribution is 6.35. The van der Waals surface area contributed by atoms with Crippen LogP contribution >= 0.6 is 23.2 Å². The van der Waals surface area contributed by atoms with E-state index in [1.165, 1.54) is 0 Å². The average Bonchev–Trinajstić information content (AvgIpc) is 2.45. The van der Waals surface area contributed by atoms with E-state index < -0.39 is 0 Å². The molecule has 2 aromatic rings. The van der Waals surface area contributed by atoms with Crippen molar-refractivity contribution in [3.05, 3.63) is 57.6 Å². The van der Waals surface area contributed by atoms with Crippen molar-refractivity contribution >= 4 is 28.9 Å². The van der Waals surface area contributed by atoms with E-state index in [0.29, 0.717) is 16.7 Å². The number of hydrogen-bond donors (Lipinski definition) is 1. The Balaban J connectivity index is 2.26. The van der Waals surface area contributed by atoms with Crippen molar-refractivity contribution in [1.82, 2.24) is 0 Å². The highest BCUT2D eigenvalue weighted by Gasteiger charge is 2.13. The summed E-state index contributed by atoms with van der Waals surface area (Å²) < 4.78 is 5.67. The minimum absolute atomic E-state index is 0.0593. The van der Waals surface area contributed by atoms with Crippen LogP contribution in [0.1, 0.15) is 31.0 Å². The number of halogens is 2. The predicted molar refractivity (Wildman–Crippen MR) is 90.8 cm³/mol. The molecule has 21 heavy (non-hydrogen) atoms. The Morgan fingerprint density at radius 1 is 1.14 bits per heavy atom. The maximum Gasteiger partial charge on any atom is 0.124 e. The Morgan fingerprint density at radius 3 is 2.57 bits per heavy atom. The van der Waals surface area contributed by atoms with E-state index in [-0.39, 0.29) is 6.04 Å². The Bertz CT molecular complexity index is 628. The van der Waals surface area contributed by atoms with Crippen LogP contribution < -0.4 is 10.1 Å². The molecule has 4 heteroatoms. The van der Waals surface area contributed by atoms with Gasteiger partial charge in [-0.3, -0.25) is 0 Å². The highest BCUT2D eigenvalue weighted by Crippen LogP contribution is 2.33. The molecule has 0 spiro atoms. The van der Waals surface area contributed by atoms with Crippen LogP contribution in [0.4, 0.5) is 5.69 Å². The first kappa shape index (κ1) is 16.0. The molecular weight excluding hydrogens is 305 g/mol. The van der Waals surface area contributed by atoms with Crippen LogP contribution in [0, 0.1) is 6.92 Å². The monoisotopic (exact) mass is 323 g/mol. The normalized spacial score (nSPS) is 12.0. The summed E-state index contributed by atoms with van der Waals surface area (Å²) in [5.41, 5.74) is 2.88. The molecule has 2 rings (SSSR count). The third-order valence-corrected chi connectivity index (χ3v) is 4.03. The topological polar surface area (TPSA) is 21.3 Å². The molecule has 0 radical (unpaired) electrons. The van der Waals surface area contributed by atoms with Gasteiger partial charge in [-0.25, -0.2) is 0 Å². The second-order valence-corrected chi connectivity index (χ2v) is 5.73.